The van der Waals surface area contributed by atoms with Crippen molar-refractivity contribution in [3.05, 3.63) is 0 Å². The maximum Gasteiger partial charge on any atom is 0.533 e. The Morgan fingerprint density at radius 3 is 2.55 bits per heavy atom. The van der Waals surface area contributed by atoms with E-state index in [4.69, 9.17) is 4.55 Å². The molecule has 13 heteroatoms. The van der Waals surface area contributed by atoms with Crippen molar-refractivity contribution in [3.63, 3.8) is 0 Å². The van der Waals surface area contributed by atoms with Gasteiger partial charge in [0.25, 0.3) is 21.9 Å². The fourth-order valence-electron chi connectivity index (χ4n) is 1.21. The average molecular weight is 330 g/mol. The molecule has 1 rings (SSSR count). The molecule has 0 aromatic heterocycles. The molecule has 0 aromatic rings. The normalized spacial score (nSPS) is 20.9. The molecule has 0 bridgehead atoms. The standard InChI is InChI=1S/C7H9NO10S2/c9-5-3-4(20(14,15)16)6(10)8(5)18-7(11)17-1-2-19(12)13/h4H,1-3H2,(H,12,13)(H,14,15,16)/p-1. The molecule has 2 unspecified atom stereocenters. The molecule has 1 heterocycles. The van der Waals surface area contributed by atoms with Crippen LogP contribution in [0, 0.1) is 0 Å². The van der Waals surface area contributed by atoms with E-state index in [-0.39, 0.29) is 5.06 Å². The van der Waals surface area contributed by atoms with Crippen molar-refractivity contribution >= 4 is 39.2 Å². The second-order valence-electron chi connectivity index (χ2n) is 3.43. The van der Waals surface area contributed by atoms with Gasteiger partial charge in [-0.15, -0.1) is 0 Å². The number of carbonyl (C=O) groups excluding carboxylic acids is 3. The van der Waals surface area contributed by atoms with Gasteiger partial charge in [-0.2, -0.15) is 8.42 Å². The Balaban J connectivity index is 2.60. The van der Waals surface area contributed by atoms with Crippen LogP contribution >= 0.6 is 0 Å². The third-order valence-electron chi connectivity index (χ3n) is 2.06. The van der Waals surface area contributed by atoms with E-state index in [9.17, 15) is 31.6 Å². The molecular formula is C7H8NO10S2-. The van der Waals surface area contributed by atoms with Gasteiger partial charge in [-0.05, 0) is 0 Å². The molecule has 0 saturated carbocycles. The molecule has 0 radical (unpaired) electrons. The van der Waals surface area contributed by atoms with Crippen LogP contribution in [0.1, 0.15) is 6.42 Å². The van der Waals surface area contributed by atoms with Gasteiger partial charge >= 0.3 is 6.16 Å². The summed E-state index contributed by atoms with van der Waals surface area (Å²) < 4.78 is 54.8. The highest BCUT2D eigenvalue weighted by Crippen LogP contribution is 2.19. The molecule has 1 aliphatic rings. The van der Waals surface area contributed by atoms with Crippen LogP contribution in [0.3, 0.4) is 0 Å². The molecule has 0 aromatic carbocycles. The Bertz CT molecular complexity index is 554. The van der Waals surface area contributed by atoms with Crippen molar-refractivity contribution in [2.45, 2.75) is 11.7 Å². The Kier molecular flexibility index (Phi) is 5.15. The summed E-state index contributed by atoms with van der Waals surface area (Å²) in [6.07, 6.45) is -2.44. The lowest BCUT2D eigenvalue weighted by Gasteiger charge is -2.13. The second-order valence-corrected chi connectivity index (χ2v) is 6.05. The molecule has 1 saturated heterocycles. The van der Waals surface area contributed by atoms with E-state index in [2.05, 4.69) is 9.57 Å². The van der Waals surface area contributed by atoms with Gasteiger partial charge in [-0.3, -0.25) is 23.2 Å². The van der Waals surface area contributed by atoms with Gasteiger partial charge in [0.05, 0.1) is 6.42 Å². The predicted octanol–water partition coefficient (Wildman–Crippen LogP) is -2.05. The highest BCUT2D eigenvalue weighted by Gasteiger charge is 2.48. The van der Waals surface area contributed by atoms with Gasteiger partial charge in [0.2, 0.25) is 0 Å². The molecule has 1 fully saturated rings. The fourth-order valence-corrected chi connectivity index (χ4v) is 2.13. The topological polar surface area (TPSA) is 167 Å². The minimum atomic E-state index is -4.81. The first kappa shape index (κ1) is 16.5. The first-order valence-corrected chi connectivity index (χ1v) is 7.61. The molecule has 114 valence electrons. The van der Waals surface area contributed by atoms with Gasteiger partial charge < -0.3 is 9.29 Å². The van der Waals surface area contributed by atoms with Crippen LogP contribution in [0.2, 0.25) is 0 Å². The highest BCUT2D eigenvalue weighted by atomic mass is 32.2. The predicted molar refractivity (Wildman–Crippen MR) is 58.0 cm³/mol. The zero-order chi connectivity index (χ0) is 15.5. The Hall–Kier alpha value is -1.57. The van der Waals surface area contributed by atoms with Gasteiger partial charge in [-0.1, -0.05) is 16.1 Å². The van der Waals surface area contributed by atoms with Gasteiger partial charge in [0, 0.05) is 5.75 Å². The molecule has 2 amide bonds. The van der Waals surface area contributed by atoms with Crippen LogP contribution < -0.4 is 0 Å². The number of carbonyl (C=O) groups is 3. The van der Waals surface area contributed by atoms with E-state index < -0.39 is 63.2 Å². The van der Waals surface area contributed by atoms with Crippen LogP contribution in [0.15, 0.2) is 0 Å². The van der Waals surface area contributed by atoms with Crippen LogP contribution in [-0.2, 0) is 40.4 Å². The summed E-state index contributed by atoms with van der Waals surface area (Å²) in [5.41, 5.74) is 0. The fraction of sp³-hybridized carbons (Fsp3) is 0.571. The van der Waals surface area contributed by atoms with Crippen molar-refractivity contribution in [1.29, 1.82) is 0 Å². The average Bonchev–Trinajstić information content (AvgIpc) is 2.56. The number of nitrogens with zero attached hydrogens (tertiary/aromatic N) is 1. The number of imide groups is 1. The zero-order valence-electron chi connectivity index (χ0n) is 9.58. The van der Waals surface area contributed by atoms with E-state index in [0.717, 1.165) is 0 Å². The number of hydrogen-bond acceptors (Lipinski definition) is 9. The lowest BCUT2D eigenvalue weighted by atomic mass is 10.4. The second kappa shape index (κ2) is 6.25. The Morgan fingerprint density at radius 1 is 1.50 bits per heavy atom. The number of amides is 2. The summed E-state index contributed by atoms with van der Waals surface area (Å²) in [4.78, 5) is 37.8. The summed E-state index contributed by atoms with van der Waals surface area (Å²) in [5.74, 6) is -3.13. The third-order valence-corrected chi connectivity index (χ3v) is 3.64. The van der Waals surface area contributed by atoms with E-state index in [1.165, 1.54) is 0 Å². The molecule has 11 nitrogen and oxygen atoms in total. The molecule has 0 aliphatic carbocycles. The molecule has 2 atom stereocenters. The van der Waals surface area contributed by atoms with Crippen LogP contribution in [-0.4, -0.2) is 62.4 Å². The molecule has 1 aliphatic heterocycles. The molecule has 0 spiro atoms. The summed E-state index contributed by atoms with van der Waals surface area (Å²) in [5, 5.41) is -2.20. The Labute approximate surface area is 114 Å². The minimum Gasteiger partial charge on any atom is -0.772 e. The Morgan fingerprint density at radius 2 is 2.10 bits per heavy atom. The van der Waals surface area contributed by atoms with Crippen molar-refractivity contribution in [3.8, 4) is 0 Å². The van der Waals surface area contributed by atoms with Gasteiger partial charge in [-0.25, -0.2) is 4.79 Å². The van der Waals surface area contributed by atoms with Gasteiger partial charge in [0.15, 0.2) is 5.25 Å². The number of hydrogen-bond donors (Lipinski definition) is 1. The van der Waals surface area contributed by atoms with E-state index >= 15 is 0 Å². The number of ether oxygens (including phenoxy) is 1. The quantitative estimate of drug-likeness (QED) is 0.256. The number of rotatable bonds is 5. The van der Waals surface area contributed by atoms with Crippen molar-refractivity contribution < 1.29 is 45.7 Å². The summed E-state index contributed by atoms with van der Waals surface area (Å²) >= 11 is -2.46. The van der Waals surface area contributed by atoms with Crippen LogP contribution in [0.25, 0.3) is 0 Å². The summed E-state index contributed by atoms with van der Waals surface area (Å²) in [6.45, 7) is -0.576. The first-order valence-electron chi connectivity index (χ1n) is 4.86. The van der Waals surface area contributed by atoms with Crippen LogP contribution in [0.5, 0.6) is 0 Å². The molecule has 1 N–H and O–H groups in total. The molecular weight excluding hydrogens is 322 g/mol. The zero-order valence-corrected chi connectivity index (χ0v) is 11.2. The maximum atomic E-state index is 11.4. The first-order chi connectivity index (χ1) is 9.12. The third kappa shape index (κ3) is 4.22. The monoisotopic (exact) mass is 330 g/mol. The van der Waals surface area contributed by atoms with Crippen molar-refractivity contribution in [1.82, 2.24) is 5.06 Å². The summed E-state index contributed by atoms with van der Waals surface area (Å²) in [6, 6.07) is 0. The largest absolute Gasteiger partial charge is 0.772 e. The SMILES string of the molecule is O=C(OCCS(=O)[O-])ON1C(=O)CC(S(=O)(=O)O)C1=O. The smallest absolute Gasteiger partial charge is 0.533 e. The van der Waals surface area contributed by atoms with E-state index in [1.807, 2.05) is 0 Å². The highest BCUT2D eigenvalue weighted by molar-refractivity contribution is 7.87. The maximum absolute atomic E-state index is 11.4. The van der Waals surface area contributed by atoms with Gasteiger partial charge in [0.1, 0.15) is 6.61 Å². The number of hydroxylamine groups is 2. The minimum absolute atomic E-state index is 0.158. The van der Waals surface area contributed by atoms with E-state index in [1.54, 1.807) is 0 Å². The van der Waals surface area contributed by atoms with Crippen molar-refractivity contribution in [2.24, 2.45) is 0 Å². The lowest BCUT2D eigenvalue weighted by Crippen LogP contribution is -2.37. The lowest BCUT2D eigenvalue weighted by molar-refractivity contribution is -0.176. The molecule has 20 heavy (non-hydrogen) atoms. The van der Waals surface area contributed by atoms with E-state index in [0.29, 0.717) is 0 Å². The van der Waals surface area contributed by atoms with Crippen LogP contribution in [0.4, 0.5) is 4.79 Å². The summed E-state index contributed by atoms with van der Waals surface area (Å²) in [7, 11) is -4.81. The van der Waals surface area contributed by atoms with Crippen molar-refractivity contribution in [2.75, 3.05) is 12.4 Å².